The zero-order valence-corrected chi connectivity index (χ0v) is 13.8. The summed E-state index contributed by atoms with van der Waals surface area (Å²) in [4.78, 5) is 22.4. The fourth-order valence-corrected chi connectivity index (χ4v) is 3.04. The molecule has 2 N–H and O–H groups in total. The van der Waals surface area contributed by atoms with Crippen LogP contribution in [0.2, 0.25) is 0 Å². The highest BCUT2D eigenvalue weighted by molar-refractivity contribution is 7.89. The number of sulfonamides is 1. The van der Waals surface area contributed by atoms with Crippen LogP contribution in [-0.4, -0.2) is 45.2 Å². The number of carboxylic acid groups (broad SMARTS) is 1. The van der Waals surface area contributed by atoms with Gasteiger partial charge in [-0.1, -0.05) is 0 Å². The van der Waals surface area contributed by atoms with Crippen molar-refractivity contribution in [1.29, 1.82) is 0 Å². The second-order valence-electron chi connectivity index (χ2n) is 4.70. The largest absolute Gasteiger partial charge is 0.480 e. The summed E-state index contributed by atoms with van der Waals surface area (Å²) in [6, 6.07) is 2.59. The Labute approximate surface area is 134 Å². The fraction of sp³-hybridized carbons (Fsp3) is 0.429. The number of rotatable bonds is 8. The van der Waals surface area contributed by atoms with Gasteiger partial charge in [-0.25, -0.2) is 13.2 Å². The summed E-state index contributed by atoms with van der Waals surface area (Å²) in [6.07, 6.45) is 0. The first-order chi connectivity index (χ1) is 10.7. The number of hydrogen-bond acceptors (Lipinski definition) is 6. The quantitative estimate of drug-likeness (QED) is 0.668. The lowest BCUT2D eigenvalue weighted by Crippen LogP contribution is -2.38. The van der Waals surface area contributed by atoms with Crippen LogP contribution in [0.3, 0.4) is 0 Å². The molecule has 8 nitrogen and oxygen atoms in total. The van der Waals surface area contributed by atoms with E-state index in [1.165, 1.54) is 26.2 Å². The van der Waals surface area contributed by atoms with Crippen LogP contribution in [0.1, 0.15) is 29.8 Å². The minimum atomic E-state index is -4.11. The minimum absolute atomic E-state index is 0.0461. The molecule has 0 fully saturated rings. The summed E-state index contributed by atoms with van der Waals surface area (Å²) < 4.78 is 36.4. The maximum absolute atomic E-state index is 12.3. The van der Waals surface area contributed by atoms with E-state index in [0.29, 0.717) is 5.56 Å². The van der Waals surface area contributed by atoms with Gasteiger partial charge in [0.2, 0.25) is 10.0 Å². The molecule has 0 unspecified atom stereocenters. The van der Waals surface area contributed by atoms with Gasteiger partial charge in [-0.3, -0.25) is 4.79 Å². The molecule has 0 saturated carbocycles. The summed E-state index contributed by atoms with van der Waals surface area (Å²) in [5, 5.41) is 8.82. The third-order valence-electron chi connectivity index (χ3n) is 2.80. The molecule has 0 amide bonds. The Morgan fingerprint density at radius 2 is 1.96 bits per heavy atom. The smallest absolute Gasteiger partial charge is 0.338 e. The summed E-state index contributed by atoms with van der Waals surface area (Å²) in [7, 11) is -2.68. The average Bonchev–Trinajstić information content (AvgIpc) is 2.47. The van der Waals surface area contributed by atoms with Crippen LogP contribution in [-0.2, 0) is 30.9 Å². The Morgan fingerprint density at radius 3 is 2.48 bits per heavy atom. The van der Waals surface area contributed by atoms with Gasteiger partial charge in [-0.05, 0) is 37.6 Å². The third kappa shape index (κ3) is 5.31. The number of carbonyl (C=O) groups excluding carboxylic acids is 1. The van der Waals surface area contributed by atoms with Crippen molar-refractivity contribution in [3.8, 4) is 0 Å². The first-order valence-electron chi connectivity index (χ1n) is 6.76. The van der Waals surface area contributed by atoms with Gasteiger partial charge in [0.05, 0.1) is 23.7 Å². The predicted octanol–water partition coefficient (Wildman–Crippen LogP) is 0.761. The van der Waals surface area contributed by atoms with E-state index in [1.54, 1.807) is 6.92 Å². The van der Waals surface area contributed by atoms with E-state index >= 15 is 0 Å². The van der Waals surface area contributed by atoms with Crippen molar-refractivity contribution in [2.75, 3.05) is 13.7 Å². The van der Waals surface area contributed by atoms with Crippen molar-refractivity contribution >= 4 is 22.0 Å². The number of methoxy groups -OCH3 is 1. The first-order valence-corrected chi connectivity index (χ1v) is 8.24. The van der Waals surface area contributed by atoms with Crippen LogP contribution in [0, 0.1) is 0 Å². The molecule has 0 heterocycles. The van der Waals surface area contributed by atoms with Crippen LogP contribution < -0.4 is 4.72 Å². The minimum Gasteiger partial charge on any atom is -0.480 e. The zero-order valence-electron chi connectivity index (χ0n) is 13.0. The number of carboxylic acids is 1. The predicted molar refractivity (Wildman–Crippen MR) is 80.5 cm³/mol. The molecule has 0 aromatic heterocycles. The normalized spacial score (nSPS) is 12.7. The third-order valence-corrected chi connectivity index (χ3v) is 4.32. The van der Waals surface area contributed by atoms with Crippen LogP contribution in [0.25, 0.3) is 0 Å². The topological polar surface area (TPSA) is 119 Å². The molecule has 9 heteroatoms. The second-order valence-corrected chi connectivity index (χ2v) is 6.41. The van der Waals surface area contributed by atoms with E-state index in [-0.39, 0.29) is 23.7 Å². The lowest BCUT2D eigenvalue weighted by Gasteiger charge is -2.13. The summed E-state index contributed by atoms with van der Waals surface area (Å²) in [6.45, 7) is 3.06. The molecule has 0 aliphatic heterocycles. The molecular formula is C14H19NO7S. The molecule has 1 rings (SSSR count). The first kappa shape index (κ1) is 19.1. The van der Waals surface area contributed by atoms with Gasteiger partial charge in [-0.2, -0.15) is 4.72 Å². The number of ether oxygens (including phenoxy) is 2. The molecule has 0 spiro atoms. The van der Waals surface area contributed by atoms with E-state index in [0.717, 1.165) is 6.07 Å². The molecule has 1 aromatic carbocycles. The summed E-state index contributed by atoms with van der Waals surface area (Å²) in [5.74, 6) is -1.99. The van der Waals surface area contributed by atoms with E-state index in [9.17, 15) is 18.0 Å². The SMILES string of the molecule is CCOC(=O)c1cc(COC)cc(S(=O)(=O)N[C@H](C)C(=O)O)c1. The fourth-order valence-electron chi connectivity index (χ4n) is 1.75. The lowest BCUT2D eigenvalue weighted by atomic mass is 10.1. The Bertz CT molecular complexity index is 684. The number of hydrogen-bond donors (Lipinski definition) is 2. The lowest BCUT2D eigenvalue weighted by molar-refractivity contribution is -0.138. The molecule has 0 aliphatic carbocycles. The highest BCUT2D eigenvalue weighted by Gasteiger charge is 2.23. The van der Waals surface area contributed by atoms with E-state index in [4.69, 9.17) is 14.6 Å². The summed E-state index contributed by atoms with van der Waals surface area (Å²) in [5.41, 5.74) is 0.492. The van der Waals surface area contributed by atoms with Crippen LogP contribution in [0.5, 0.6) is 0 Å². The number of benzene rings is 1. The van der Waals surface area contributed by atoms with Gasteiger partial charge in [0.1, 0.15) is 6.04 Å². The van der Waals surface area contributed by atoms with Crippen molar-refractivity contribution in [1.82, 2.24) is 4.72 Å². The van der Waals surface area contributed by atoms with Gasteiger partial charge in [0.25, 0.3) is 0 Å². The van der Waals surface area contributed by atoms with E-state index in [1.807, 2.05) is 4.72 Å². The molecule has 1 aromatic rings. The van der Waals surface area contributed by atoms with Gasteiger partial charge < -0.3 is 14.6 Å². The Balaban J connectivity index is 3.28. The van der Waals surface area contributed by atoms with Crippen molar-refractivity contribution in [2.45, 2.75) is 31.4 Å². The van der Waals surface area contributed by atoms with Crippen molar-refractivity contribution < 1.29 is 32.6 Å². The molecular weight excluding hydrogens is 326 g/mol. The van der Waals surface area contributed by atoms with Gasteiger partial charge >= 0.3 is 11.9 Å². The van der Waals surface area contributed by atoms with Gasteiger partial charge in [0, 0.05) is 7.11 Å². The highest BCUT2D eigenvalue weighted by atomic mass is 32.2. The van der Waals surface area contributed by atoms with Crippen LogP contribution in [0.15, 0.2) is 23.1 Å². The van der Waals surface area contributed by atoms with E-state index < -0.39 is 28.0 Å². The van der Waals surface area contributed by atoms with Gasteiger partial charge in [0.15, 0.2) is 0 Å². The Kier molecular flexibility index (Phi) is 6.67. The molecule has 1 atom stereocenters. The number of aliphatic carboxylic acids is 1. The average molecular weight is 345 g/mol. The molecule has 23 heavy (non-hydrogen) atoms. The van der Waals surface area contributed by atoms with Crippen LogP contribution in [0.4, 0.5) is 0 Å². The standard InChI is InChI=1S/C14H19NO7S/c1-4-22-14(18)11-5-10(8-21-3)6-12(7-11)23(19,20)15-9(2)13(16)17/h5-7,9,15H,4,8H2,1-3H3,(H,16,17)/t9-/m1/s1. The van der Waals surface area contributed by atoms with Gasteiger partial charge in [-0.15, -0.1) is 0 Å². The Hall–Kier alpha value is -1.97. The maximum atomic E-state index is 12.3. The van der Waals surface area contributed by atoms with Crippen molar-refractivity contribution in [3.63, 3.8) is 0 Å². The van der Waals surface area contributed by atoms with E-state index in [2.05, 4.69) is 0 Å². The molecule has 0 bridgehead atoms. The Morgan fingerprint density at radius 1 is 1.30 bits per heavy atom. The molecule has 128 valence electrons. The summed E-state index contributed by atoms with van der Waals surface area (Å²) >= 11 is 0. The highest BCUT2D eigenvalue weighted by Crippen LogP contribution is 2.17. The van der Waals surface area contributed by atoms with Crippen LogP contribution >= 0.6 is 0 Å². The maximum Gasteiger partial charge on any atom is 0.338 e. The number of nitrogens with one attached hydrogen (secondary N) is 1. The number of esters is 1. The monoisotopic (exact) mass is 345 g/mol. The van der Waals surface area contributed by atoms with Crippen molar-refractivity contribution in [2.24, 2.45) is 0 Å². The number of carbonyl (C=O) groups is 2. The van der Waals surface area contributed by atoms with Crippen molar-refractivity contribution in [3.05, 3.63) is 29.3 Å². The second kappa shape index (κ2) is 8.04. The molecule has 0 saturated heterocycles. The molecule has 0 radical (unpaired) electrons. The molecule has 0 aliphatic rings. The zero-order chi connectivity index (χ0) is 17.6.